The highest BCUT2D eigenvalue weighted by atomic mass is 16.5. The van der Waals surface area contributed by atoms with E-state index >= 15 is 0 Å². The Morgan fingerprint density at radius 1 is 1.03 bits per heavy atom. The number of aliphatic hydroxyl groups excluding tert-OH is 1. The number of likely N-dealkylation sites (tertiary alicyclic amines) is 1. The van der Waals surface area contributed by atoms with Crippen LogP contribution in [-0.4, -0.2) is 65.5 Å². The fourth-order valence-corrected chi connectivity index (χ4v) is 4.34. The van der Waals surface area contributed by atoms with Gasteiger partial charge in [0.15, 0.2) is 0 Å². The third-order valence-corrected chi connectivity index (χ3v) is 6.10. The minimum Gasteiger partial charge on any atom is -0.507 e. The first-order chi connectivity index (χ1) is 16.8. The highest BCUT2D eigenvalue weighted by Gasteiger charge is 2.46. The van der Waals surface area contributed by atoms with Crippen molar-refractivity contribution in [2.45, 2.75) is 46.8 Å². The van der Waals surface area contributed by atoms with Gasteiger partial charge in [-0.05, 0) is 64.2 Å². The molecule has 0 spiro atoms. The van der Waals surface area contributed by atoms with E-state index in [0.29, 0.717) is 42.3 Å². The van der Waals surface area contributed by atoms with Crippen molar-refractivity contribution in [3.8, 4) is 11.5 Å². The molecule has 35 heavy (non-hydrogen) atoms. The van der Waals surface area contributed by atoms with Crippen LogP contribution in [-0.2, 0) is 9.59 Å². The molecule has 1 N–H and O–H groups in total. The number of likely N-dealkylation sites (N-methyl/N-ethyl adjacent to an activating group) is 1. The molecule has 2 aromatic carbocycles. The summed E-state index contributed by atoms with van der Waals surface area (Å²) in [6.07, 6.45) is 0.0145. The van der Waals surface area contributed by atoms with E-state index in [1.807, 2.05) is 45.0 Å². The smallest absolute Gasteiger partial charge is 0.295 e. The minimum atomic E-state index is -0.750. The third-order valence-electron chi connectivity index (χ3n) is 6.10. The van der Waals surface area contributed by atoms with Gasteiger partial charge >= 0.3 is 0 Å². The molecule has 1 atom stereocenters. The number of Topliss-reactive ketones (excluding diaryl/α,β-unsaturated/α-hetero) is 1. The second-order valence-corrected chi connectivity index (χ2v) is 8.68. The highest BCUT2D eigenvalue weighted by Crippen LogP contribution is 2.42. The van der Waals surface area contributed by atoms with E-state index < -0.39 is 17.7 Å². The number of para-hydroxylation sites is 1. The van der Waals surface area contributed by atoms with Crippen LogP contribution >= 0.6 is 0 Å². The van der Waals surface area contributed by atoms with Crippen molar-refractivity contribution in [3.05, 3.63) is 65.2 Å². The van der Waals surface area contributed by atoms with Crippen molar-refractivity contribution >= 4 is 17.4 Å². The Morgan fingerprint density at radius 3 is 2.29 bits per heavy atom. The second kappa shape index (κ2) is 11.9. The van der Waals surface area contributed by atoms with Crippen molar-refractivity contribution in [3.63, 3.8) is 0 Å². The molecule has 1 heterocycles. The van der Waals surface area contributed by atoms with Crippen LogP contribution < -0.4 is 9.47 Å². The summed E-state index contributed by atoms with van der Waals surface area (Å²) in [7, 11) is 0. The maximum atomic E-state index is 13.3. The lowest BCUT2D eigenvalue weighted by Crippen LogP contribution is -2.38. The van der Waals surface area contributed by atoms with Crippen LogP contribution in [0.3, 0.4) is 0 Å². The number of carbonyl (C=O) groups excluding carboxylic acids is 2. The summed E-state index contributed by atoms with van der Waals surface area (Å²) in [6.45, 7) is 13.0. The zero-order chi connectivity index (χ0) is 25.5. The van der Waals surface area contributed by atoms with Gasteiger partial charge in [0.2, 0.25) is 0 Å². The van der Waals surface area contributed by atoms with Crippen LogP contribution in [0.2, 0.25) is 0 Å². The van der Waals surface area contributed by atoms with Crippen LogP contribution in [0.15, 0.2) is 54.1 Å². The first kappa shape index (κ1) is 26.3. The SMILES string of the molecule is CCOc1ccccc1[C@H]1C(=C(O)c2ccc(OC(C)C)cc2)C(=O)C(=O)N1CCN(CC)CC. The number of hydrogen-bond donors (Lipinski definition) is 1. The lowest BCUT2D eigenvalue weighted by Gasteiger charge is -2.29. The van der Waals surface area contributed by atoms with Crippen molar-refractivity contribution in [1.82, 2.24) is 9.80 Å². The van der Waals surface area contributed by atoms with Crippen molar-refractivity contribution in [2.24, 2.45) is 0 Å². The van der Waals surface area contributed by atoms with Gasteiger partial charge in [-0.1, -0.05) is 32.0 Å². The molecule has 1 saturated heterocycles. The van der Waals surface area contributed by atoms with E-state index in [1.54, 1.807) is 29.2 Å². The number of aliphatic hydroxyl groups is 1. The van der Waals surface area contributed by atoms with E-state index in [1.165, 1.54) is 0 Å². The maximum Gasteiger partial charge on any atom is 0.295 e. The monoisotopic (exact) mass is 480 g/mol. The summed E-state index contributed by atoms with van der Waals surface area (Å²) < 4.78 is 11.5. The van der Waals surface area contributed by atoms with E-state index in [4.69, 9.17) is 9.47 Å². The number of amides is 1. The number of nitrogens with zero attached hydrogens (tertiary/aromatic N) is 2. The third kappa shape index (κ3) is 5.85. The van der Waals surface area contributed by atoms with Gasteiger partial charge in [-0.25, -0.2) is 0 Å². The lowest BCUT2D eigenvalue weighted by atomic mass is 9.94. The number of rotatable bonds is 11. The Hall–Kier alpha value is -3.32. The van der Waals surface area contributed by atoms with Gasteiger partial charge in [0.25, 0.3) is 11.7 Å². The molecular formula is C28H36N2O5. The van der Waals surface area contributed by atoms with Crippen molar-refractivity contribution in [1.29, 1.82) is 0 Å². The van der Waals surface area contributed by atoms with Gasteiger partial charge < -0.3 is 24.4 Å². The number of benzene rings is 2. The molecule has 0 aliphatic carbocycles. The molecule has 0 unspecified atom stereocenters. The number of hydrogen-bond acceptors (Lipinski definition) is 6. The number of ether oxygens (including phenoxy) is 2. The molecule has 3 rings (SSSR count). The Balaban J connectivity index is 2.10. The van der Waals surface area contributed by atoms with Crippen LogP contribution in [0.5, 0.6) is 11.5 Å². The van der Waals surface area contributed by atoms with Gasteiger partial charge in [-0.3, -0.25) is 9.59 Å². The Bertz CT molecular complexity index is 1060. The van der Waals surface area contributed by atoms with Crippen LogP contribution in [0.25, 0.3) is 5.76 Å². The molecule has 0 radical (unpaired) electrons. The molecule has 7 heteroatoms. The molecule has 0 bridgehead atoms. The molecule has 1 aliphatic heterocycles. The topological polar surface area (TPSA) is 79.3 Å². The fraction of sp³-hybridized carbons (Fsp3) is 0.429. The van der Waals surface area contributed by atoms with E-state index in [9.17, 15) is 14.7 Å². The summed E-state index contributed by atoms with van der Waals surface area (Å²) >= 11 is 0. The molecule has 188 valence electrons. The summed E-state index contributed by atoms with van der Waals surface area (Å²) in [5, 5.41) is 11.3. The predicted octanol–water partition coefficient (Wildman–Crippen LogP) is 4.64. The normalized spacial score (nSPS) is 17.5. The minimum absolute atomic E-state index is 0.0145. The van der Waals surface area contributed by atoms with E-state index in [0.717, 1.165) is 13.1 Å². The van der Waals surface area contributed by atoms with Crippen molar-refractivity contribution in [2.75, 3.05) is 32.8 Å². The summed E-state index contributed by atoms with van der Waals surface area (Å²) in [4.78, 5) is 30.3. The van der Waals surface area contributed by atoms with Crippen LogP contribution in [0.1, 0.15) is 51.8 Å². The molecule has 1 fully saturated rings. The molecule has 0 saturated carbocycles. The molecular weight excluding hydrogens is 444 g/mol. The fourth-order valence-electron chi connectivity index (χ4n) is 4.34. The molecule has 7 nitrogen and oxygen atoms in total. The van der Waals surface area contributed by atoms with E-state index in [-0.39, 0.29) is 17.4 Å². The first-order valence-corrected chi connectivity index (χ1v) is 12.3. The average Bonchev–Trinajstić information content (AvgIpc) is 3.10. The number of carbonyl (C=O) groups is 2. The summed E-state index contributed by atoms with van der Waals surface area (Å²) in [5.41, 5.74) is 1.19. The van der Waals surface area contributed by atoms with E-state index in [2.05, 4.69) is 18.7 Å². The zero-order valence-corrected chi connectivity index (χ0v) is 21.3. The molecule has 1 amide bonds. The molecule has 0 aromatic heterocycles. The Morgan fingerprint density at radius 2 is 1.69 bits per heavy atom. The van der Waals surface area contributed by atoms with Crippen LogP contribution in [0.4, 0.5) is 0 Å². The Kier molecular flexibility index (Phi) is 8.93. The predicted molar refractivity (Wildman–Crippen MR) is 137 cm³/mol. The molecule has 1 aliphatic rings. The summed E-state index contributed by atoms with van der Waals surface area (Å²) in [5.74, 6) is -0.271. The average molecular weight is 481 g/mol. The Labute approximate surface area is 207 Å². The van der Waals surface area contributed by atoms with Gasteiger partial charge in [0, 0.05) is 24.2 Å². The van der Waals surface area contributed by atoms with Crippen molar-refractivity contribution < 1.29 is 24.2 Å². The highest BCUT2D eigenvalue weighted by molar-refractivity contribution is 6.46. The number of ketones is 1. The summed E-state index contributed by atoms with van der Waals surface area (Å²) in [6, 6.07) is 13.5. The first-order valence-electron chi connectivity index (χ1n) is 12.3. The standard InChI is InChI=1S/C28H36N2O5/c1-6-29(7-2)17-18-30-25(22-11-9-10-12-23(22)34-8-3)24(27(32)28(30)33)26(31)20-13-15-21(16-14-20)35-19(4)5/h9-16,19,25,31H,6-8,17-18H2,1-5H3/t25-/m0/s1. The van der Waals surface area contributed by atoms with Crippen LogP contribution in [0, 0.1) is 0 Å². The lowest BCUT2D eigenvalue weighted by molar-refractivity contribution is -0.140. The van der Waals surface area contributed by atoms with Gasteiger partial charge in [-0.2, -0.15) is 0 Å². The van der Waals surface area contributed by atoms with Gasteiger partial charge in [0.1, 0.15) is 17.3 Å². The second-order valence-electron chi connectivity index (χ2n) is 8.68. The van der Waals surface area contributed by atoms with Gasteiger partial charge in [-0.15, -0.1) is 0 Å². The van der Waals surface area contributed by atoms with Gasteiger partial charge in [0.05, 0.1) is 24.3 Å². The molecule has 2 aromatic rings. The maximum absolute atomic E-state index is 13.3. The largest absolute Gasteiger partial charge is 0.507 e. The zero-order valence-electron chi connectivity index (χ0n) is 21.3. The quantitative estimate of drug-likeness (QED) is 0.287.